The van der Waals surface area contributed by atoms with Crippen molar-refractivity contribution in [2.75, 3.05) is 11.9 Å². The highest BCUT2D eigenvalue weighted by Gasteiger charge is 2.11. The average molecular weight is 235 g/mol. The highest BCUT2D eigenvalue weighted by atomic mass is 16.5. The second-order valence-corrected chi connectivity index (χ2v) is 4.14. The molecule has 0 aliphatic carbocycles. The van der Waals surface area contributed by atoms with Gasteiger partial charge in [-0.2, -0.15) is 0 Å². The molecule has 1 N–H and O–H groups in total. The first-order valence-electron chi connectivity index (χ1n) is 6.16. The molecule has 1 aromatic rings. The fourth-order valence-electron chi connectivity index (χ4n) is 1.39. The van der Waals surface area contributed by atoms with Crippen LogP contribution in [0.15, 0.2) is 24.3 Å². The number of benzene rings is 1. The van der Waals surface area contributed by atoms with Crippen molar-refractivity contribution in [1.82, 2.24) is 0 Å². The van der Waals surface area contributed by atoms with Gasteiger partial charge in [0, 0.05) is 12.2 Å². The summed E-state index contributed by atoms with van der Waals surface area (Å²) in [5.74, 6) is -0.140. The maximum Gasteiger partial charge on any atom is 0.308 e. The quantitative estimate of drug-likeness (QED) is 0.769. The molecule has 0 amide bonds. The highest BCUT2D eigenvalue weighted by molar-refractivity contribution is 5.71. The van der Waals surface area contributed by atoms with E-state index in [1.165, 1.54) is 0 Å². The highest BCUT2D eigenvalue weighted by Crippen LogP contribution is 2.11. The van der Waals surface area contributed by atoms with Crippen LogP contribution in [-0.4, -0.2) is 12.5 Å². The topological polar surface area (TPSA) is 38.3 Å². The van der Waals surface area contributed by atoms with Crippen molar-refractivity contribution in [3.05, 3.63) is 29.8 Å². The van der Waals surface area contributed by atoms with Crippen LogP contribution in [0.4, 0.5) is 5.69 Å². The van der Waals surface area contributed by atoms with Crippen LogP contribution in [0.3, 0.4) is 0 Å². The van der Waals surface area contributed by atoms with Gasteiger partial charge in [0.05, 0.1) is 5.92 Å². The first-order chi connectivity index (χ1) is 8.17. The zero-order chi connectivity index (χ0) is 12.7. The van der Waals surface area contributed by atoms with E-state index in [0.717, 1.165) is 24.2 Å². The van der Waals surface area contributed by atoms with Crippen LogP contribution in [0.5, 0.6) is 0 Å². The molecule has 0 aliphatic rings. The number of nitrogens with one attached hydrogen (secondary N) is 1. The minimum Gasteiger partial charge on any atom is -0.461 e. The van der Waals surface area contributed by atoms with Crippen molar-refractivity contribution in [3.63, 3.8) is 0 Å². The normalized spacial score (nSPS) is 11.9. The Morgan fingerprint density at radius 3 is 2.47 bits per heavy atom. The second-order valence-electron chi connectivity index (χ2n) is 4.14. The van der Waals surface area contributed by atoms with Crippen molar-refractivity contribution in [2.45, 2.75) is 33.8 Å². The van der Waals surface area contributed by atoms with Crippen molar-refractivity contribution in [2.24, 2.45) is 5.92 Å². The lowest BCUT2D eigenvalue weighted by Gasteiger charge is -2.10. The van der Waals surface area contributed by atoms with E-state index in [-0.39, 0.29) is 11.9 Å². The monoisotopic (exact) mass is 235 g/mol. The minimum absolute atomic E-state index is 0.0176. The molecule has 1 aromatic carbocycles. The van der Waals surface area contributed by atoms with Crippen molar-refractivity contribution in [1.29, 1.82) is 0 Å². The first kappa shape index (κ1) is 13.6. The van der Waals surface area contributed by atoms with Gasteiger partial charge in [0.2, 0.25) is 0 Å². The molecule has 94 valence electrons. The lowest BCUT2D eigenvalue weighted by atomic mass is 10.1. The van der Waals surface area contributed by atoms with Crippen LogP contribution in [0.1, 0.15) is 32.8 Å². The lowest BCUT2D eigenvalue weighted by molar-refractivity contribution is -0.149. The van der Waals surface area contributed by atoms with Crippen molar-refractivity contribution in [3.8, 4) is 0 Å². The summed E-state index contributed by atoms with van der Waals surface area (Å²) in [6, 6.07) is 7.94. The van der Waals surface area contributed by atoms with E-state index in [1.807, 2.05) is 38.1 Å². The largest absolute Gasteiger partial charge is 0.461 e. The third kappa shape index (κ3) is 4.47. The molecule has 1 unspecified atom stereocenters. The van der Waals surface area contributed by atoms with Crippen molar-refractivity contribution < 1.29 is 9.53 Å². The van der Waals surface area contributed by atoms with Crippen LogP contribution in [-0.2, 0) is 16.1 Å². The fraction of sp³-hybridized carbons (Fsp3) is 0.500. The summed E-state index contributed by atoms with van der Waals surface area (Å²) in [6.07, 6.45) is 0.818. The molecule has 17 heavy (non-hydrogen) atoms. The van der Waals surface area contributed by atoms with Gasteiger partial charge in [-0.05, 0) is 31.0 Å². The smallest absolute Gasteiger partial charge is 0.308 e. The average Bonchev–Trinajstić information content (AvgIpc) is 2.37. The fourth-order valence-corrected chi connectivity index (χ4v) is 1.39. The molecule has 0 aromatic heterocycles. The molecule has 0 spiro atoms. The van der Waals surface area contributed by atoms with Crippen molar-refractivity contribution >= 4 is 11.7 Å². The number of anilines is 1. The molecular formula is C14H21NO2. The predicted octanol–water partition coefficient (Wildman–Crippen LogP) is 3.21. The van der Waals surface area contributed by atoms with Gasteiger partial charge < -0.3 is 10.1 Å². The Morgan fingerprint density at radius 2 is 1.94 bits per heavy atom. The van der Waals surface area contributed by atoms with Crippen LogP contribution < -0.4 is 5.32 Å². The van der Waals surface area contributed by atoms with Gasteiger partial charge in [-0.1, -0.05) is 26.0 Å². The summed E-state index contributed by atoms with van der Waals surface area (Å²) in [5, 5.41) is 3.22. The Bertz CT molecular complexity index is 346. The number of rotatable bonds is 6. The van der Waals surface area contributed by atoms with E-state index in [4.69, 9.17) is 4.74 Å². The van der Waals surface area contributed by atoms with E-state index in [1.54, 1.807) is 0 Å². The Kier molecular flexibility index (Phi) is 5.53. The Balaban J connectivity index is 2.44. The van der Waals surface area contributed by atoms with Gasteiger partial charge in [0.25, 0.3) is 0 Å². The van der Waals surface area contributed by atoms with E-state index < -0.39 is 0 Å². The summed E-state index contributed by atoms with van der Waals surface area (Å²) in [6.45, 7) is 7.19. The second kappa shape index (κ2) is 6.94. The van der Waals surface area contributed by atoms with Gasteiger partial charge >= 0.3 is 5.97 Å². The molecule has 0 saturated carbocycles. The molecule has 3 nitrogen and oxygen atoms in total. The van der Waals surface area contributed by atoms with Crippen LogP contribution in [0.25, 0.3) is 0 Å². The number of carbonyl (C=O) groups is 1. The molecule has 3 heteroatoms. The molecule has 1 atom stereocenters. The minimum atomic E-state index is -0.122. The number of esters is 1. The van der Waals surface area contributed by atoms with E-state index >= 15 is 0 Å². The zero-order valence-corrected chi connectivity index (χ0v) is 10.8. The standard InChI is InChI=1S/C14H21NO2/c1-4-11(3)14(16)17-10-12-6-8-13(9-7-12)15-5-2/h6-9,11,15H,4-5,10H2,1-3H3. The predicted molar refractivity (Wildman–Crippen MR) is 69.9 cm³/mol. The van der Waals surface area contributed by atoms with Crippen LogP contribution >= 0.6 is 0 Å². The molecule has 0 radical (unpaired) electrons. The molecule has 1 rings (SSSR count). The maximum absolute atomic E-state index is 11.5. The van der Waals surface area contributed by atoms with E-state index in [0.29, 0.717) is 6.61 Å². The third-order valence-corrected chi connectivity index (χ3v) is 2.73. The van der Waals surface area contributed by atoms with Gasteiger partial charge in [0.1, 0.15) is 6.61 Å². The summed E-state index contributed by atoms with van der Waals surface area (Å²) in [7, 11) is 0. The van der Waals surface area contributed by atoms with E-state index in [9.17, 15) is 4.79 Å². The number of ether oxygens (including phenoxy) is 1. The lowest BCUT2D eigenvalue weighted by Crippen LogP contribution is -2.13. The summed E-state index contributed by atoms with van der Waals surface area (Å²) in [4.78, 5) is 11.5. The van der Waals surface area contributed by atoms with Gasteiger partial charge in [-0.15, -0.1) is 0 Å². The number of hydrogen-bond acceptors (Lipinski definition) is 3. The number of carbonyl (C=O) groups excluding carboxylic acids is 1. The third-order valence-electron chi connectivity index (χ3n) is 2.73. The van der Waals surface area contributed by atoms with Gasteiger partial charge in [-0.3, -0.25) is 4.79 Å². The Hall–Kier alpha value is -1.51. The number of hydrogen-bond donors (Lipinski definition) is 1. The molecule has 0 bridgehead atoms. The molecule has 0 saturated heterocycles. The summed E-state index contributed by atoms with van der Waals surface area (Å²) >= 11 is 0. The maximum atomic E-state index is 11.5. The Morgan fingerprint density at radius 1 is 1.29 bits per heavy atom. The molecular weight excluding hydrogens is 214 g/mol. The molecule has 0 aliphatic heterocycles. The van der Waals surface area contributed by atoms with Crippen LogP contribution in [0, 0.1) is 5.92 Å². The zero-order valence-electron chi connectivity index (χ0n) is 10.8. The molecule has 0 heterocycles. The van der Waals surface area contributed by atoms with Crippen LogP contribution in [0.2, 0.25) is 0 Å². The van der Waals surface area contributed by atoms with Gasteiger partial charge in [-0.25, -0.2) is 0 Å². The van der Waals surface area contributed by atoms with E-state index in [2.05, 4.69) is 12.2 Å². The Labute approximate surface area is 103 Å². The summed E-state index contributed by atoms with van der Waals surface area (Å²) in [5.41, 5.74) is 2.10. The summed E-state index contributed by atoms with van der Waals surface area (Å²) < 4.78 is 5.22. The van der Waals surface area contributed by atoms with Gasteiger partial charge in [0.15, 0.2) is 0 Å². The SMILES string of the molecule is CCNc1ccc(COC(=O)C(C)CC)cc1. The first-order valence-corrected chi connectivity index (χ1v) is 6.16. The molecule has 0 fully saturated rings.